The highest BCUT2D eigenvalue weighted by Gasteiger charge is 2.50. The van der Waals surface area contributed by atoms with E-state index in [0.29, 0.717) is 42.5 Å². The highest BCUT2D eigenvalue weighted by atomic mass is 19.3. The van der Waals surface area contributed by atoms with Gasteiger partial charge in [0, 0.05) is 80.3 Å². The molecule has 2 N–H and O–H groups in total. The number of carbonyl (C=O) groups is 5. The summed E-state index contributed by atoms with van der Waals surface area (Å²) in [4.78, 5) is 76.3. The van der Waals surface area contributed by atoms with Gasteiger partial charge in [0.15, 0.2) is 0 Å². The van der Waals surface area contributed by atoms with E-state index < -0.39 is 77.7 Å². The number of carbonyl (C=O) groups excluding carboxylic acids is 5. The van der Waals surface area contributed by atoms with Gasteiger partial charge in [0.2, 0.25) is 17.5 Å². The van der Waals surface area contributed by atoms with E-state index in [1.807, 2.05) is 58.0 Å². The van der Waals surface area contributed by atoms with Crippen molar-refractivity contribution in [3.8, 4) is 22.4 Å². The fourth-order valence-electron chi connectivity index (χ4n) is 10.1. The molecule has 370 valence electrons. The molecule has 69 heavy (non-hydrogen) atoms. The maximum Gasteiger partial charge on any atom is 0.324 e. The van der Waals surface area contributed by atoms with Gasteiger partial charge in [-0.15, -0.1) is 0 Å². The van der Waals surface area contributed by atoms with Crippen molar-refractivity contribution in [1.82, 2.24) is 35.1 Å². The molecule has 0 unspecified atom stereocenters. The Hall–Kier alpha value is -6.07. The number of methoxy groups -OCH3 is 1. The SMILES string of the molecule is C=CC(=O)N1CC[C@](F)(C(=O)N(C)[C@H](C(=O)N[C@H]2Cc3cc(cc(C(F)F)c3)-c3ccc4c(c3)c(c(-c3cccnc3[C@H](C)OC)n4CC)CC(C)(C)COC(=O)[C@@H]3CCCN(N3)C2=O)C(C)C)C1. The number of fused-ring (bicyclic) bond motifs is 6. The molecule has 14 nitrogen and oxygen atoms in total. The summed E-state index contributed by atoms with van der Waals surface area (Å²) < 4.78 is 60.4. The summed E-state index contributed by atoms with van der Waals surface area (Å²) in [7, 11) is 2.93. The van der Waals surface area contributed by atoms with E-state index in [-0.39, 0.29) is 44.2 Å². The lowest BCUT2D eigenvalue weighted by Gasteiger charge is -2.37. The molecule has 2 aromatic heterocycles. The number of alkyl halides is 3. The number of amides is 4. The summed E-state index contributed by atoms with van der Waals surface area (Å²) in [5.41, 5.74) is 5.37. The zero-order chi connectivity index (χ0) is 50.1. The molecule has 5 heterocycles. The average Bonchev–Trinajstić information content (AvgIpc) is 3.88. The fraction of sp³-hybridized carbons (Fsp3) is 0.500. The number of cyclic esters (lactones) is 1. The van der Waals surface area contributed by atoms with E-state index in [1.165, 1.54) is 29.1 Å². The third-order valence-electron chi connectivity index (χ3n) is 13.7. The summed E-state index contributed by atoms with van der Waals surface area (Å²) in [5, 5.41) is 4.92. The first-order valence-corrected chi connectivity index (χ1v) is 23.7. The van der Waals surface area contributed by atoms with E-state index in [4.69, 9.17) is 14.5 Å². The maximum absolute atomic E-state index is 16.4. The largest absolute Gasteiger partial charge is 0.464 e. The van der Waals surface area contributed by atoms with Crippen molar-refractivity contribution in [2.75, 3.05) is 40.4 Å². The van der Waals surface area contributed by atoms with Crippen LogP contribution < -0.4 is 10.7 Å². The van der Waals surface area contributed by atoms with Gasteiger partial charge in [0.1, 0.15) is 18.1 Å². The van der Waals surface area contributed by atoms with Crippen LogP contribution in [0.2, 0.25) is 0 Å². The minimum absolute atomic E-state index is 0.0210. The molecule has 0 aliphatic carbocycles. The molecule has 2 aromatic carbocycles. The Bertz CT molecular complexity index is 2630. The van der Waals surface area contributed by atoms with E-state index in [1.54, 1.807) is 33.2 Å². The van der Waals surface area contributed by atoms with Crippen LogP contribution >= 0.6 is 0 Å². The van der Waals surface area contributed by atoms with Crippen LogP contribution in [0.5, 0.6) is 0 Å². The molecular formula is C52H64F3N7O7. The minimum atomic E-state index is -2.90. The number of pyridine rings is 1. The number of hydrogen-bond donors (Lipinski definition) is 2. The molecule has 0 radical (unpaired) electrons. The molecule has 0 saturated carbocycles. The lowest BCUT2D eigenvalue weighted by molar-refractivity contribution is -0.155. The van der Waals surface area contributed by atoms with E-state index in [9.17, 15) is 32.8 Å². The van der Waals surface area contributed by atoms with Gasteiger partial charge in [-0.3, -0.25) is 34.0 Å². The molecule has 17 heteroatoms. The Morgan fingerprint density at radius 3 is 2.52 bits per heavy atom. The standard InChI is InChI=1S/C52H64F3N7O7/c1-10-42(63)60-21-18-52(55,28-60)50(67)59(8)44(30(3)4)47(64)57-40-24-32-22-34(25-35(23-32)46(53)54)33-16-17-41-37(26-33)38(45(61(41)11-2)36-14-12-19-56-43(36)31(5)68-9)27-51(6,7)29-69-49(66)39-15-13-20-62(58-39)48(40)65/h10,12,14,16-17,19,22-23,25-26,30-31,39-40,44,46,58H,1,11,13,15,18,20-21,24,27-29H2,2-9H3,(H,57,64)/t31-,39-,40-,44-,52+/m0/s1. The number of halogens is 3. The number of esters is 1. The van der Waals surface area contributed by atoms with Crippen molar-refractivity contribution < 1.29 is 46.6 Å². The summed E-state index contributed by atoms with van der Waals surface area (Å²) in [6.45, 7) is 15.0. The number of likely N-dealkylation sites (N-methyl/N-ethyl adjacent to an activating group) is 1. The number of rotatable bonds is 11. The number of ether oxygens (including phenoxy) is 2. The predicted molar refractivity (Wildman–Crippen MR) is 255 cm³/mol. The van der Waals surface area contributed by atoms with Gasteiger partial charge < -0.3 is 29.2 Å². The first-order valence-electron chi connectivity index (χ1n) is 23.7. The molecule has 5 atom stereocenters. The lowest BCUT2D eigenvalue weighted by Crippen LogP contribution is -2.62. The molecule has 4 aromatic rings. The van der Waals surface area contributed by atoms with Crippen molar-refractivity contribution >= 4 is 40.5 Å². The summed E-state index contributed by atoms with van der Waals surface area (Å²) in [6, 6.07) is 10.5. The topological polar surface area (TPSA) is 155 Å². The Morgan fingerprint density at radius 2 is 1.84 bits per heavy atom. The van der Waals surface area contributed by atoms with Crippen LogP contribution in [0.15, 0.2) is 67.4 Å². The first kappa shape index (κ1) is 50.8. The summed E-state index contributed by atoms with van der Waals surface area (Å²) in [5.74, 6) is -4.14. The smallest absolute Gasteiger partial charge is 0.324 e. The Labute approximate surface area is 401 Å². The van der Waals surface area contributed by atoms with Crippen LogP contribution in [-0.4, -0.2) is 118 Å². The third kappa shape index (κ3) is 10.4. The third-order valence-corrected chi connectivity index (χ3v) is 13.7. The second-order valence-corrected chi connectivity index (χ2v) is 19.7. The Balaban J connectivity index is 1.35. The number of nitrogens with zero attached hydrogens (tertiary/aromatic N) is 5. The minimum Gasteiger partial charge on any atom is -0.464 e. The van der Waals surface area contributed by atoms with Crippen LogP contribution in [0.25, 0.3) is 33.3 Å². The maximum atomic E-state index is 16.4. The zero-order valence-corrected chi connectivity index (χ0v) is 40.7. The van der Waals surface area contributed by atoms with Crippen LogP contribution in [0.4, 0.5) is 13.2 Å². The summed E-state index contributed by atoms with van der Waals surface area (Å²) >= 11 is 0. The van der Waals surface area contributed by atoms with Gasteiger partial charge >= 0.3 is 5.97 Å². The number of aryl methyl sites for hydroxylation is 1. The second kappa shape index (κ2) is 20.5. The number of benzene rings is 2. The van der Waals surface area contributed by atoms with Crippen LogP contribution in [-0.2, 0) is 52.8 Å². The molecular weight excluding hydrogens is 892 g/mol. The predicted octanol–water partition coefficient (Wildman–Crippen LogP) is 7.29. The van der Waals surface area contributed by atoms with Crippen molar-refractivity contribution in [3.05, 3.63) is 89.8 Å². The van der Waals surface area contributed by atoms with E-state index in [2.05, 4.69) is 21.9 Å². The van der Waals surface area contributed by atoms with E-state index >= 15 is 4.39 Å². The molecule has 4 amide bonds. The van der Waals surface area contributed by atoms with Crippen LogP contribution in [0, 0.1) is 11.3 Å². The van der Waals surface area contributed by atoms with Crippen LogP contribution in [0.3, 0.4) is 0 Å². The number of aromatic nitrogens is 2. The Morgan fingerprint density at radius 1 is 1.09 bits per heavy atom. The first-order chi connectivity index (χ1) is 32.7. The van der Waals surface area contributed by atoms with Crippen molar-refractivity contribution in [1.29, 1.82) is 0 Å². The lowest BCUT2D eigenvalue weighted by atomic mass is 9.84. The number of hydrazine groups is 1. The molecule has 2 saturated heterocycles. The van der Waals surface area contributed by atoms with Crippen molar-refractivity contribution in [2.24, 2.45) is 11.3 Å². The fourth-order valence-corrected chi connectivity index (χ4v) is 10.1. The van der Waals surface area contributed by atoms with Crippen LogP contribution in [0.1, 0.15) is 95.7 Å². The zero-order valence-electron chi connectivity index (χ0n) is 40.7. The molecule has 7 rings (SSSR count). The molecule has 0 spiro atoms. The number of hydrogen-bond acceptors (Lipinski definition) is 9. The van der Waals surface area contributed by atoms with Gasteiger partial charge in [-0.2, -0.15) is 0 Å². The second-order valence-electron chi connectivity index (χ2n) is 19.7. The van der Waals surface area contributed by atoms with Gasteiger partial charge in [-0.05, 0) is 97.7 Å². The molecule has 3 aliphatic heterocycles. The average molecular weight is 956 g/mol. The monoisotopic (exact) mass is 955 g/mol. The summed E-state index contributed by atoms with van der Waals surface area (Å²) in [6.07, 6.45) is 0.170. The molecule has 2 fully saturated rings. The van der Waals surface area contributed by atoms with Crippen molar-refractivity contribution in [3.63, 3.8) is 0 Å². The normalized spacial score (nSPS) is 21.8. The van der Waals surface area contributed by atoms with Gasteiger partial charge in [0.25, 0.3) is 18.2 Å². The van der Waals surface area contributed by atoms with Crippen molar-refractivity contribution in [2.45, 2.75) is 117 Å². The molecule has 3 aliphatic rings. The van der Waals surface area contributed by atoms with Gasteiger partial charge in [0.05, 0.1) is 30.6 Å². The number of nitrogens with one attached hydrogen (secondary N) is 2. The quantitative estimate of drug-likeness (QED) is 0.117. The highest BCUT2D eigenvalue weighted by molar-refractivity contribution is 5.97. The van der Waals surface area contributed by atoms with Gasteiger partial charge in [-0.25, -0.2) is 18.6 Å². The highest BCUT2D eigenvalue weighted by Crippen LogP contribution is 2.42. The van der Waals surface area contributed by atoms with Gasteiger partial charge in [-0.1, -0.05) is 52.5 Å². The van der Waals surface area contributed by atoms with E-state index in [0.717, 1.165) is 44.4 Å². The number of likely N-dealkylation sites (tertiary alicyclic amines) is 1. The molecule has 6 bridgehead atoms. The Kier molecular flexibility index (Phi) is 15.1.